The van der Waals surface area contributed by atoms with Gasteiger partial charge in [0.1, 0.15) is 10.9 Å². The highest BCUT2D eigenvalue weighted by Gasteiger charge is 2.27. The number of nitrogens with zero attached hydrogens (tertiary/aromatic N) is 1. The number of carbonyl (C=O) groups is 2. The fourth-order valence-electron chi connectivity index (χ4n) is 2.40. The third kappa shape index (κ3) is 4.41. The highest BCUT2D eigenvalue weighted by Crippen LogP contribution is 2.21. The van der Waals surface area contributed by atoms with Gasteiger partial charge < -0.3 is 10.4 Å². The number of thiazole rings is 1. The third-order valence-corrected chi connectivity index (χ3v) is 5.17. The standard InChI is InChI=1S/C18H22N2O3S/c1-4-11(2)15(18(22)23)20-17(21)16-12(3)19-14(24-16)10-13-8-6-5-7-9-13/h5-9,11,15H,4,10H2,1-3H3,(H,20,21)(H,22,23). The first-order valence-electron chi connectivity index (χ1n) is 7.96. The van der Waals surface area contributed by atoms with Gasteiger partial charge in [-0.25, -0.2) is 9.78 Å². The van der Waals surface area contributed by atoms with Crippen molar-refractivity contribution < 1.29 is 14.7 Å². The average molecular weight is 346 g/mol. The molecular weight excluding hydrogens is 324 g/mol. The van der Waals surface area contributed by atoms with Crippen LogP contribution in [0.2, 0.25) is 0 Å². The Hall–Kier alpha value is -2.21. The molecule has 0 saturated heterocycles. The SMILES string of the molecule is CCC(C)C(NC(=O)c1sc(Cc2ccccc2)nc1C)C(=O)O. The maximum atomic E-state index is 12.5. The van der Waals surface area contributed by atoms with Gasteiger partial charge in [-0.3, -0.25) is 4.79 Å². The van der Waals surface area contributed by atoms with Gasteiger partial charge in [0, 0.05) is 6.42 Å². The van der Waals surface area contributed by atoms with Crippen molar-refractivity contribution in [2.75, 3.05) is 0 Å². The van der Waals surface area contributed by atoms with Gasteiger partial charge in [-0.15, -0.1) is 11.3 Å². The quantitative estimate of drug-likeness (QED) is 0.806. The van der Waals surface area contributed by atoms with Gasteiger partial charge in [-0.1, -0.05) is 50.6 Å². The summed E-state index contributed by atoms with van der Waals surface area (Å²) < 4.78 is 0. The smallest absolute Gasteiger partial charge is 0.326 e. The van der Waals surface area contributed by atoms with Gasteiger partial charge in [0.25, 0.3) is 5.91 Å². The number of hydrogen-bond acceptors (Lipinski definition) is 4. The number of carboxylic acids is 1. The van der Waals surface area contributed by atoms with E-state index in [1.54, 1.807) is 6.92 Å². The minimum atomic E-state index is -1.01. The molecule has 0 fully saturated rings. The minimum Gasteiger partial charge on any atom is -0.480 e. The molecule has 2 aromatic rings. The molecule has 0 radical (unpaired) electrons. The Morgan fingerprint density at radius 2 is 1.96 bits per heavy atom. The zero-order valence-electron chi connectivity index (χ0n) is 14.1. The molecule has 2 atom stereocenters. The Morgan fingerprint density at radius 3 is 2.54 bits per heavy atom. The van der Waals surface area contributed by atoms with Crippen molar-refractivity contribution in [2.45, 2.75) is 39.7 Å². The second-order valence-electron chi connectivity index (χ2n) is 5.86. The molecule has 0 aliphatic rings. The summed E-state index contributed by atoms with van der Waals surface area (Å²) in [4.78, 5) is 28.8. The van der Waals surface area contributed by atoms with Crippen molar-refractivity contribution in [1.29, 1.82) is 0 Å². The second-order valence-corrected chi connectivity index (χ2v) is 6.94. The van der Waals surface area contributed by atoms with Gasteiger partial charge in [0.15, 0.2) is 0 Å². The lowest BCUT2D eigenvalue weighted by Gasteiger charge is -2.19. The molecule has 1 heterocycles. The number of aromatic nitrogens is 1. The van der Waals surface area contributed by atoms with Crippen molar-refractivity contribution in [3.05, 3.63) is 51.5 Å². The number of aliphatic carboxylic acids is 1. The maximum absolute atomic E-state index is 12.5. The van der Waals surface area contributed by atoms with Crippen LogP contribution in [0, 0.1) is 12.8 Å². The number of rotatable bonds is 7. The normalized spacial score (nSPS) is 13.3. The van der Waals surface area contributed by atoms with Crippen molar-refractivity contribution in [3.63, 3.8) is 0 Å². The van der Waals surface area contributed by atoms with Gasteiger partial charge in [-0.05, 0) is 18.4 Å². The Bertz CT molecular complexity index is 712. The van der Waals surface area contributed by atoms with Crippen LogP contribution in [0.4, 0.5) is 0 Å². The van der Waals surface area contributed by atoms with Crippen LogP contribution < -0.4 is 5.32 Å². The predicted molar refractivity (Wildman–Crippen MR) is 94.4 cm³/mol. The van der Waals surface area contributed by atoms with Crippen LogP contribution in [-0.2, 0) is 11.2 Å². The molecule has 0 saturated carbocycles. The largest absolute Gasteiger partial charge is 0.480 e. The summed E-state index contributed by atoms with van der Waals surface area (Å²) in [6.45, 7) is 5.50. The lowest BCUT2D eigenvalue weighted by atomic mass is 9.99. The zero-order valence-corrected chi connectivity index (χ0v) is 14.9. The molecule has 1 aromatic carbocycles. The molecule has 2 N–H and O–H groups in total. The Labute approximate surface area is 145 Å². The monoisotopic (exact) mass is 346 g/mol. The predicted octanol–water partition coefficient (Wildman–Crippen LogP) is 3.27. The number of nitrogens with one attached hydrogen (secondary N) is 1. The van der Waals surface area contributed by atoms with Crippen LogP contribution in [0.25, 0.3) is 0 Å². The van der Waals surface area contributed by atoms with E-state index in [0.717, 1.165) is 10.6 Å². The van der Waals surface area contributed by atoms with Crippen molar-refractivity contribution in [2.24, 2.45) is 5.92 Å². The van der Waals surface area contributed by atoms with Crippen LogP contribution >= 0.6 is 11.3 Å². The lowest BCUT2D eigenvalue weighted by molar-refractivity contribution is -0.140. The average Bonchev–Trinajstić information content (AvgIpc) is 2.92. The van der Waals surface area contributed by atoms with Crippen molar-refractivity contribution in [3.8, 4) is 0 Å². The summed E-state index contributed by atoms with van der Waals surface area (Å²) in [5.74, 6) is -1.51. The zero-order chi connectivity index (χ0) is 17.7. The molecular formula is C18H22N2O3S. The van der Waals surface area contributed by atoms with Crippen LogP contribution in [0.1, 0.15) is 46.2 Å². The molecule has 5 nitrogen and oxygen atoms in total. The number of carboxylic acid groups (broad SMARTS) is 1. The number of hydrogen-bond donors (Lipinski definition) is 2. The first-order chi connectivity index (χ1) is 11.4. The third-order valence-electron chi connectivity index (χ3n) is 4.01. The summed E-state index contributed by atoms with van der Waals surface area (Å²) in [6, 6.07) is 9.03. The first-order valence-corrected chi connectivity index (χ1v) is 8.77. The van der Waals surface area contributed by atoms with Gasteiger partial charge in [0.2, 0.25) is 0 Å². The van der Waals surface area contributed by atoms with E-state index in [0.29, 0.717) is 23.4 Å². The highest BCUT2D eigenvalue weighted by molar-refractivity contribution is 7.13. The van der Waals surface area contributed by atoms with E-state index < -0.39 is 12.0 Å². The van der Waals surface area contributed by atoms with E-state index in [1.807, 2.05) is 44.2 Å². The maximum Gasteiger partial charge on any atom is 0.326 e. The molecule has 1 aromatic heterocycles. The summed E-state index contributed by atoms with van der Waals surface area (Å²) in [7, 11) is 0. The van der Waals surface area contributed by atoms with Crippen LogP contribution in [-0.4, -0.2) is 28.0 Å². The molecule has 24 heavy (non-hydrogen) atoms. The molecule has 1 amide bonds. The molecule has 0 aliphatic heterocycles. The van der Waals surface area contributed by atoms with Crippen molar-refractivity contribution >= 4 is 23.2 Å². The van der Waals surface area contributed by atoms with Gasteiger partial charge >= 0.3 is 5.97 Å². The number of amides is 1. The van der Waals surface area contributed by atoms with Gasteiger partial charge in [-0.2, -0.15) is 0 Å². The Balaban J connectivity index is 2.14. The molecule has 0 spiro atoms. The molecule has 0 aliphatic carbocycles. The van der Waals surface area contributed by atoms with E-state index in [-0.39, 0.29) is 11.8 Å². The van der Waals surface area contributed by atoms with E-state index in [9.17, 15) is 14.7 Å². The Kier molecular flexibility index (Phi) is 6.09. The molecule has 128 valence electrons. The highest BCUT2D eigenvalue weighted by atomic mass is 32.1. The van der Waals surface area contributed by atoms with E-state index in [2.05, 4.69) is 10.3 Å². The summed E-state index contributed by atoms with van der Waals surface area (Å²) in [5, 5.41) is 12.8. The topological polar surface area (TPSA) is 79.3 Å². The fraction of sp³-hybridized carbons (Fsp3) is 0.389. The fourth-order valence-corrected chi connectivity index (χ4v) is 3.40. The minimum absolute atomic E-state index is 0.136. The van der Waals surface area contributed by atoms with Crippen molar-refractivity contribution in [1.82, 2.24) is 10.3 Å². The lowest BCUT2D eigenvalue weighted by Crippen LogP contribution is -2.44. The number of carbonyl (C=O) groups excluding carboxylic acids is 1. The summed E-state index contributed by atoms with van der Waals surface area (Å²) in [6.07, 6.45) is 1.34. The molecule has 2 rings (SSSR count). The second kappa shape index (κ2) is 8.06. The van der Waals surface area contributed by atoms with E-state index in [4.69, 9.17) is 0 Å². The molecule has 0 bridgehead atoms. The van der Waals surface area contributed by atoms with E-state index in [1.165, 1.54) is 11.3 Å². The number of aryl methyl sites for hydroxylation is 1. The Morgan fingerprint density at radius 1 is 1.29 bits per heavy atom. The molecule has 6 heteroatoms. The van der Waals surface area contributed by atoms with Gasteiger partial charge in [0.05, 0.1) is 10.7 Å². The summed E-state index contributed by atoms with van der Waals surface area (Å²) >= 11 is 1.32. The number of benzene rings is 1. The van der Waals surface area contributed by atoms with Crippen LogP contribution in [0.5, 0.6) is 0 Å². The first kappa shape index (κ1) is 18.1. The van der Waals surface area contributed by atoms with Crippen LogP contribution in [0.15, 0.2) is 30.3 Å². The van der Waals surface area contributed by atoms with E-state index >= 15 is 0 Å². The van der Waals surface area contributed by atoms with Crippen LogP contribution in [0.3, 0.4) is 0 Å². The summed E-state index contributed by atoms with van der Waals surface area (Å²) in [5.41, 5.74) is 1.76. The molecule has 2 unspecified atom stereocenters.